The Bertz CT molecular complexity index is 2060. The van der Waals surface area contributed by atoms with Crippen molar-refractivity contribution in [1.82, 2.24) is 15.0 Å². The quantitative estimate of drug-likeness (QED) is 0.0858. The molecule has 54 heavy (non-hydrogen) atoms. The third-order valence-electron chi connectivity index (χ3n) is 11.1. The van der Waals surface area contributed by atoms with Crippen LogP contribution in [0.2, 0.25) is 16.6 Å². The zero-order chi connectivity index (χ0) is 39.0. The van der Waals surface area contributed by atoms with E-state index in [1.54, 1.807) is 25.1 Å². The number of ether oxygens (including phenoxy) is 4. The zero-order valence-corrected chi connectivity index (χ0v) is 33.6. The highest BCUT2D eigenvalue weighted by Gasteiger charge is 2.44. The number of halogens is 2. The minimum absolute atomic E-state index is 0.0480. The summed E-state index contributed by atoms with van der Waals surface area (Å²) in [4.78, 5) is 15.7. The molecule has 2 N–H and O–H groups in total. The van der Waals surface area contributed by atoms with Crippen molar-refractivity contribution in [2.75, 3.05) is 58.3 Å². The molecule has 4 aromatic rings. The second kappa shape index (κ2) is 15.7. The molecule has 6 rings (SSSR count). The fourth-order valence-electron chi connectivity index (χ4n) is 7.98. The van der Waals surface area contributed by atoms with Crippen LogP contribution in [0.3, 0.4) is 0 Å². The second-order valence-electron chi connectivity index (χ2n) is 16.1. The molecule has 1 saturated heterocycles. The van der Waals surface area contributed by atoms with Gasteiger partial charge >= 0.3 is 6.01 Å². The van der Waals surface area contributed by atoms with Crippen LogP contribution in [-0.4, -0.2) is 92.3 Å². The van der Waals surface area contributed by atoms with E-state index in [2.05, 4.69) is 63.0 Å². The lowest BCUT2D eigenvalue weighted by Gasteiger charge is -2.38. The molecule has 13 heteroatoms. The van der Waals surface area contributed by atoms with Gasteiger partial charge in [0.05, 0.1) is 43.9 Å². The normalized spacial score (nSPS) is 18.7. The molecule has 2 aliphatic rings. The predicted molar refractivity (Wildman–Crippen MR) is 209 cm³/mol. The van der Waals surface area contributed by atoms with Crippen LogP contribution < -0.4 is 14.4 Å². The number of aliphatic hydroxyl groups excluding tert-OH is 1. The molecule has 10 nitrogen and oxygen atoms in total. The monoisotopic (exact) mass is 762 g/mol. The van der Waals surface area contributed by atoms with Crippen LogP contribution >= 0.6 is 0 Å². The van der Waals surface area contributed by atoms with Gasteiger partial charge in [0.15, 0.2) is 12.6 Å². The van der Waals surface area contributed by atoms with Crippen molar-refractivity contribution in [2.45, 2.75) is 83.5 Å². The maximum atomic E-state index is 17.4. The van der Waals surface area contributed by atoms with Crippen LogP contribution in [0.1, 0.15) is 66.9 Å². The van der Waals surface area contributed by atoms with Crippen molar-refractivity contribution < 1.29 is 37.9 Å². The molecule has 2 aromatic heterocycles. The van der Waals surface area contributed by atoms with Gasteiger partial charge in [-0.2, -0.15) is 9.97 Å². The zero-order valence-electron chi connectivity index (χ0n) is 32.6. The molecule has 1 saturated carbocycles. The molecule has 3 heterocycles. The van der Waals surface area contributed by atoms with Crippen LogP contribution in [0.25, 0.3) is 32.9 Å². The number of anilines is 1. The summed E-state index contributed by atoms with van der Waals surface area (Å²) in [7, 11) is -0.790. The van der Waals surface area contributed by atoms with E-state index in [9.17, 15) is 10.2 Å². The number of aromatic nitrogens is 3. The SMILES string of the molecule is COCOc1cc(-c2ncc3c(N4CCOCC(C)(O)C4)nc(OCC4(CO)CC4)nc3c2F)c2c(C#C[Si](C(C)C)(C(C)C)C(C)C)c(F)ccc2c1. The Kier molecular flexibility index (Phi) is 11.5. The molecule has 0 bridgehead atoms. The van der Waals surface area contributed by atoms with E-state index in [1.807, 2.05) is 4.90 Å². The van der Waals surface area contributed by atoms with E-state index < -0.39 is 25.3 Å². The van der Waals surface area contributed by atoms with E-state index in [0.717, 1.165) is 12.8 Å². The first-order chi connectivity index (χ1) is 25.6. The Morgan fingerprint density at radius 3 is 2.41 bits per heavy atom. The summed E-state index contributed by atoms with van der Waals surface area (Å²) in [6.45, 7) is 15.8. The Labute approximate surface area is 317 Å². The lowest BCUT2D eigenvalue weighted by Crippen LogP contribution is -2.43. The Morgan fingerprint density at radius 2 is 1.76 bits per heavy atom. The van der Waals surface area contributed by atoms with Crippen molar-refractivity contribution in [3.63, 3.8) is 0 Å². The number of hydrogen-bond acceptors (Lipinski definition) is 10. The van der Waals surface area contributed by atoms with E-state index >= 15 is 8.78 Å². The minimum atomic E-state index is -2.29. The van der Waals surface area contributed by atoms with Crippen molar-refractivity contribution in [3.05, 3.63) is 47.7 Å². The summed E-state index contributed by atoms with van der Waals surface area (Å²) in [5, 5.41) is 22.3. The van der Waals surface area contributed by atoms with Crippen molar-refractivity contribution in [3.8, 4) is 34.5 Å². The molecule has 0 spiro atoms. The molecule has 2 aromatic carbocycles. The van der Waals surface area contributed by atoms with Crippen LogP contribution in [0, 0.1) is 28.5 Å². The Balaban J connectivity index is 1.60. The van der Waals surface area contributed by atoms with Gasteiger partial charge in [0.1, 0.15) is 42.3 Å². The second-order valence-corrected chi connectivity index (χ2v) is 21.7. The minimum Gasteiger partial charge on any atom is -0.468 e. The first-order valence-electron chi connectivity index (χ1n) is 18.7. The highest BCUT2D eigenvalue weighted by atomic mass is 28.3. The molecule has 2 fully saturated rings. The van der Waals surface area contributed by atoms with Crippen molar-refractivity contribution in [1.29, 1.82) is 0 Å². The summed E-state index contributed by atoms with van der Waals surface area (Å²) in [6, 6.07) is 6.32. The number of benzene rings is 2. The topological polar surface area (TPSA) is 119 Å². The van der Waals surface area contributed by atoms with Crippen LogP contribution in [0.5, 0.6) is 11.8 Å². The van der Waals surface area contributed by atoms with Crippen molar-refractivity contribution in [2.24, 2.45) is 5.41 Å². The highest BCUT2D eigenvalue weighted by Crippen LogP contribution is 2.46. The maximum absolute atomic E-state index is 17.4. The van der Waals surface area contributed by atoms with Gasteiger partial charge in [-0.3, -0.25) is 4.98 Å². The maximum Gasteiger partial charge on any atom is 0.319 e. The number of pyridine rings is 1. The van der Waals surface area contributed by atoms with E-state index in [-0.39, 0.29) is 66.9 Å². The summed E-state index contributed by atoms with van der Waals surface area (Å²) >= 11 is 0. The third-order valence-corrected chi connectivity index (χ3v) is 17.4. The number of aliphatic hydroxyl groups is 2. The lowest BCUT2D eigenvalue weighted by atomic mass is 9.95. The number of fused-ring (bicyclic) bond motifs is 2. The fraction of sp³-hybridized carbons (Fsp3) is 0.537. The van der Waals surface area contributed by atoms with Gasteiger partial charge in [-0.05, 0) is 60.0 Å². The Hall–Kier alpha value is -3.93. The number of rotatable bonds is 12. The Morgan fingerprint density at radius 1 is 1.04 bits per heavy atom. The van der Waals surface area contributed by atoms with Crippen LogP contribution in [0.15, 0.2) is 30.5 Å². The summed E-state index contributed by atoms with van der Waals surface area (Å²) in [6.07, 6.45) is 3.09. The molecule has 1 aliphatic heterocycles. The number of methoxy groups -OCH3 is 1. The third kappa shape index (κ3) is 7.77. The predicted octanol–water partition coefficient (Wildman–Crippen LogP) is 7.41. The molecule has 0 radical (unpaired) electrons. The van der Waals surface area contributed by atoms with Gasteiger partial charge in [0, 0.05) is 36.2 Å². The first kappa shape index (κ1) is 39.8. The summed E-state index contributed by atoms with van der Waals surface area (Å²) in [5.74, 6) is 2.71. The molecule has 1 aliphatic carbocycles. The molecular formula is C41H52F2N4O6Si. The lowest BCUT2D eigenvalue weighted by molar-refractivity contribution is -0.0123. The smallest absolute Gasteiger partial charge is 0.319 e. The van der Waals surface area contributed by atoms with Gasteiger partial charge in [-0.25, -0.2) is 8.78 Å². The summed E-state index contributed by atoms with van der Waals surface area (Å²) in [5.41, 5.74) is 3.28. The standard InChI is InChI=1S/C41H52F2N4O6Si/c1-25(2)54(26(3)4,27(5)6)16-11-30-33(42)10-9-28-17-29(53-24-50-8)18-31(34(28)30)36-35(43)37-32(19-44-36)38(47-14-15-51-22-40(7,49)20-47)46-39(45-37)52-23-41(21-48)12-13-41/h9-10,17-19,25-27,48-49H,12-15,20-24H2,1-8H3. The number of nitrogens with zero attached hydrogens (tertiary/aromatic N) is 4. The molecule has 290 valence electrons. The highest BCUT2D eigenvalue weighted by molar-refractivity contribution is 6.90. The van der Waals surface area contributed by atoms with Gasteiger partial charge in [-0.15, -0.1) is 5.54 Å². The van der Waals surface area contributed by atoms with Gasteiger partial charge in [-0.1, -0.05) is 53.5 Å². The fourth-order valence-corrected chi connectivity index (χ4v) is 13.2. The van der Waals surface area contributed by atoms with Crippen LogP contribution in [0.4, 0.5) is 14.6 Å². The largest absolute Gasteiger partial charge is 0.468 e. The van der Waals surface area contributed by atoms with Gasteiger partial charge in [0.25, 0.3) is 0 Å². The van der Waals surface area contributed by atoms with E-state index in [4.69, 9.17) is 23.9 Å². The van der Waals surface area contributed by atoms with Gasteiger partial charge < -0.3 is 34.1 Å². The van der Waals surface area contributed by atoms with Gasteiger partial charge in [0.2, 0.25) is 0 Å². The number of β-amino-alcohol motifs (C(OH)–C–C–N with tert-alkyl or cyclic N) is 1. The molecule has 0 amide bonds. The molecule has 1 atom stereocenters. The summed E-state index contributed by atoms with van der Waals surface area (Å²) < 4.78 is 56.2. The first-order valence-corrected chi connectivity index (χ1v) is 20.9. The van der Waals surface area contributed by atoms with Crippen LogP contribution in [-0.2, 0) is 9.47 Å². The van der Waals surface area contributed by atoms with E-state index in [1.165, 1.54) is 19.4 Å². The average molecular weight is 763 g/mol. The van der Waals surface area contributed by atoms with E-state index in [0.29, 0.717) is 57.5 Å². The molecular weight excluding hydrogens is 711 g/mol. The van der Waals surface area contributed by atoms with Crippen molar-refractivity contribution >= 4 is 35.6 Å². The average Bonchev–Trinajstić information content (AvgIpc) is 3.94. The number of hydrogen-bond donors (Lipinski definition) is 2. The molecule has 1 unspecified atom stereocenters.